The van der Waals surface area contributed by atoms with Crippen LogP contribution in [0.15, 0.2) is 12.2 Å². The minimum Gasteiger partial charge on any atom is -0.479 e. The molecule has 0 aromatic rings. The molecule has 0 spiro atoms. The summed E-state index contributed by atoms with van der Waals surface area (Å²) in [6.07, 6.45) is 2.31. The molecule has 5 heteroatoms. The van der Waals surface area contributed by atoms with Gasteiger partial charge in [-0.05, 0) is 6.08 Å². The summed E-state index contributed by atoms with van der Waals surface area (Å²) in [5.41, 5.74) is -1.57. The highest BCUT2D eigenvalue weighted by Crippen LogP contribution is 2.51. The Morgan fingerprint density at radius 1 is 1.47 bits per heavy atom. The zero-order chi connectivity index (χ0) is 10.8. The van der Waals surface area contributed by atoms with Crippen LogP contribution in [-0.2, 0) is 19.1 Å². The van der Waals surface area contributed by atoms with E-state index in [4.69, 9.17) is 9.84 Å². The fourth-order valence-corrected chi connectivity index (χ4v) is 2.83. The second kappa shape index (κ2) is 2.36. The summed E-state index contributed by atoms with van der Waals surface area (Å²) in [7, 11) is 0. The molecule has 3 aliphatic rings. The number of carboxylic acids is 1. The molecular weight excluding hydrogens is 200 g/mol. The number of carbonyl (C=O) groups is 3. The fourth-order valence-electron chi connectivity index (χ4n) is 2.83. The molecule has 2 bridgehead atoms. The van der Waals surface area contributed by atoms with E-state index in [0.717, 1.165) is 0 Å². The maximum Gasteiger partial charge on any atom is 0.340 e. The van der Waals surface area contributed by atoms with Crippen LogP contribution in [0, 0.1) is 11.8 Å². The molecule has 3 rings (SSSR count). The van der Waals surface area contributed by atoms with Crippen molar-refractivity contribution in [3.63, 3.8) is 0 Å². The van der Waals surface area contributed by atoms with Crippen LogP contribution in [-0.4, -0.2) is 34.3 Å². The third kappa shape index (κ3) is 0.802. The maximum absolute atomic E-state index is 11.6. The van der Waals surface area contributed by atoms with Gasteiger partial charge in [-0.25, -0.2) is 4.79 Å². The molecule has 2 heterocycles. The molecule has 0 aromatic carbocycles. The third-order valence-corrected chi connectivity index (χ3v) is 3.44. The van der Waals surface area contributed by atoms with Gasteiger partial charge in [0.05, 0.1) is 24.4 Å². The topological polar surface area (TPSA) is 80.7 Å². The Labute approximate surface area is 84.7 Å². The summed E-state index contributed by atoms with van der Waals surface area (Å²) in [5.74, 6) is -3.06. The quantitative estimate of drug-likeness (QED) is 0.466. The fraction of sp³-hybridized carbons (Fsp3) is 0.500. The number of ketones is 2. The Morgan fingerprint density at radius 3 is 2.87 bits per heavy atom. The van der Waals surface area contributed by atoms with E-state index >= 15 is 0 Å². The number of hydrogen-bond acceptors (Lipinski definition) is 4. The van der Waals surface area contributed by atoms with Gasteiger partial charge in [0.25, 0.3) is 0 Å². The zero-order valence-electron chi connectivity index (χ0n) is 7.67. The van der Waals surface area contributed by atoms with Crippen LogP contribution in [0.3, 0.4) is 0 Å². The van der Waals surface area contributed by atoms with Crippen molar-refractivity contribution in [1.82, 2.24) is 0 Å². The lowest BCUT2D eigenvalue weighted by Crippen LogP contribution is -2.44. The van der Waals surface area contributed by atoms with E-state index in [1.54, 1.807) is 6.08 Å². The van der Waals surface area contributed by atoms with Crippen LogP contribution in [0.1, 0.15) is 6.42 Å². The Bertz CT molecular complexity index is 424. The van der Waals surface area contributed by atoms with Gasteiger partial charge in [0.1, 0.15) is 11.6 Å². The van der Waals surface area contributed by atoms with E-state index in [1.165, 1.54) is 6.08 Å². The summed E-state index contributed by atoms with van der Waals surface area (Å²) in [6, 6.07) is 0. The van der Waals surface area contributed by atoms with E-state index in [0.29, 0.717) is 0 Å². The second-order valence-corrected chi connectivity index (χ2v) is 4.15. The van der Waals surface area contributed by atoms with E-state index in [9.17, 15) is 14.4 Å². The van der Waals surface area contributed by atoms with E-state index in [1.807, 2.05) is 0 Å². The minimum atomic E-state index is -1.57. The van der Waals surface area contributed by atoms with E-state index < -0.39 is 29.5 Å². The van der Waals surface area contributed by atoms with Crippen molar-refractivity contribution < 1.29 is 24.2 Å². The molecule has 1 saturated carbocycles. The lowest BCUT2D eigenvalue weighted by Gasteiger charge is -2.23. The summed E-state index contributed by atoms with van der Waals surface area (Å²) >= 11 is 0. The predicted octanol–water partition coefficient (Wildman–Crippen LogP) is -0.447. The second-order valence-electron chi connectivity index (χ2n) is 4.15. The number of hydrogen-bond donors (Lipinski definition) is 1. The van der Waals surface area contributed by atoms with Crippen molar-refractivity contribution in [3.8, 4) is 0 Å². The van der Waals surface area contributed by atoms with Crippen LogP contribution in [0.25, 0.3) is 0 Å². The molecule has 1 saturated heterocycles. The highest BCUT2D eigenvalue weighted by molar-refractivity contribution is 6.12. The van der Waals surface area contributed by atoms with Crippen molar-refractivity contribution in [1.29, 1.82) is 0 Å². The lowest BCUT2D eigenvalue weighted by molar-refractivity contribution is -0.160. The van der Waals surface area contributed by atoms with Gasteiger partial charge in [0, 0.05) is 0 Å². The average molecular weight is 208 g/mol. The van der Waals surface area contributed by atoms with Crippen molar-refractivity contribution in [2.24, 2.45) is 11.8 Å². The minimum absolute atomic E-state index is 0.147. The average Bonchev–Trinajstić information content (AvgIpc) is 2.78. The summed E-state index contributed by atoms with van der Waals surface area (Å²) in [4.78, 5) is 34.2. The monoisotopic (exact) mass is 208 g/mol. The number of carbonyl (C=O) groups excluding carboxylic acids is 2. The molecule has 15 heavy (non-hydrogen) atoms. The first kappa shape index (κ1) is 8.79. The largest absolute Gasteiger partial charge is 0.479 e. The number of aliphatic carboxylic acids is 1. The molecule has 1 aliphatic carbocycles. The zero-order valence-corrected chi connectivity index (χ0v) is 7.67. The van der Waals surface area contributed by atoms with Gasteiger partial charge in [0.2, 0.25) is 0 Å². The number of Topliss-reactive ketones (excluding diaryl/α,β-unsaturated/α-hetero) is 2. The van der Waals surface area contributed by atoms with Gasteiger partial charge in [0.15, 0.2) is 5.60 Å². The molecule has 0 aromatic heterocycles. The lowest BCUT2D eigenvalue weighted by atomic mass is 9.77. The van der Waals surface area contributed by atoms with Crippen molar-refractivity contribution >= 4 is 17.5 Å². The molecule has 4 unspecified atom stereocenters. The smallest absolute Gasteiger partial charge is 0.340 e. The molecule has 78 valence electrons. The van der Waals surface area contributed by atoms with Crippen LogP contribution in [0.2, 0.25) is 0 Å². The first-order valence-corrected chi connectivity index (χ1v) is 4.72. The van der Waals surface area contributed by atoms with Gasteiger partial charge in [-0.2, -0.15) is 0 Å². The van der Waals surface area contributed by atoms with E-state index in [2.05, 4.69) is 0 Å². The first-order chi connectivity index (χ1) is 7.06. The van der Waals surface area contributed by atoms with Gasteiger partial charge in [-0.15, -0.1) is 0 Å². The molecular formula is C10H8O5. The van der Waals surface area contributed by atoms with Crippen molar-refractivity contribution in [2.75, 3.05) is 0 Å². The molecule has 4 atom stereocenters. The molecule has 1 N–H and O–H groups in total. The van der Waals surface area contributed by atoms with Crippen LogP contribution < -0.4 is 0 Å². The normalized spacial score (nSPS) is 46.3. The SMILES string of the molecule is O=C1CC(=O)C2C1C1C=CC2(C(=O)O)O1. The van der Waals surface area contributed by atoms with Crippen molar-refractivity contribution in [2.45, 2.75) is 18.1 Å². The standard InChI is InChI=1S/C10H8O5/c11-4-3-5(12)8-7(4)6-1-2-10(8,15-6)9(13)14/h1-2,6-8H,3H2,(H,13,14). The number of ether oxygens (including phenoxy) is 1. The molecule has 0 amide bonds. The van der Waals surface area contributed by atoms with Crippen LogP contribution in [0.4, 0.5) is 0 Å². The Balaban J connectivity index is 2.15. The molecule has 0 radical (unpaired) electrons. The number of rotatable bonds is 1. The highest BCUT2D eigenvalue weighted by Gasteiger charge is 2.68. The Hall–Kier alpha value is -1.49. The molecule has 2 fully saturated rings. The third-order valence-electron chi connectivity index (χ3n) is 3.44. The van der Waals surface area contributed by atoms with Crippen molar-refractivity contribution in [3.05, 3.63) is 12.2 Å². The molecule has 5 nitrogen and oxygen atoms in total. The predicted molar refractivity (Wildman–Crippen MR) is 46.0 cm³/mol. The van der Waals surface area contributed by atoms with Gasteiger partial charge >= 0.3 is 5.97 Å². The van der Waals surface area contributed by atoms with Gasteiger partial charge in [-0.1, -0.05) is 6.08 Å². The summed E-state index contributed by atoms with van der Waals surface area (Å²) < 4.78 is 5.28. The summed E-state index contributed by atoms with van der Waals surface area (Å²) in [5, 5.41) is 9.10. The molecule has 2 aliphatic heterocycles. The van der Waals surface area contributed by atoms with Gasteiger partial charge < -0.3 is 9.84 Å². The van der Waals surface area contributed by atoms with Crippen LogP contribution in [0.5, 0.6) is 0 Å². The van der Waals surface area contributed by atoms with E-state index in [-0.39, 0.29) is 18.0 Å². The maximum atomic E-state index is 11.6. The first-order valence-electron chi connectivity index (χ1n) is 4.72. The summed E-state index contributed by atoms with van der Waals surface area (Å²) in [6.45, 7) is 0. The van der Waals surface area contributed by atoms with Crippen LogP contribution >= 0.6 is 0 Å². The Kier molecular flexibility index (Phi) is 1.38. The van der Waals surface area contributed by atoms with Gasteiger partial charge in [-0.3, -0.25) is 9.59 Å². The highest BCUT2D eigenvalue weighted by atomic mass is 16.5. The Morgan fingerprint density at radius 2 is 2.20 bits per heavy atom. The number of carboxylic acid groups (broad SMARTS) is 1. The number of fused-ring (bicyclic) bond motifs is 5.